The molecule has 0 spiro atoms. The molecule has 1 heterocycles. The van der Waals surface area contributed by atoms with E-state index in [1.165, 1.54) is 38.2 Å². The number of aromatic nitrogens is 1. The molecule has 4 heteroatoms. The van der Waals surface area contributed by atoms with Crippen molar-refractivity contribution in [3.05, 3.63) is 34.2 Å². The Kier molecular flexibility index (Phi) is 3.90. The number of hydrogen-bond donors (Lipinski definition) is 1. The van der Waals surface area contributed by atoms with Gasteiger partial charge in [-0.2, -0.15) is 0 Å². The van der Waals surface area contributed by atoms with E-state index in [2.05, 4.69) is 4.98 Å². The molecule has 0 aliphatic heterocycles. The van der Waals surface area contributed by atoms with E-state index in [-0.39, 0.29) is 11.5 Å². The zero-order valence-electron chi connectivity index (χ0n) is 11.8. The first-order valence-electron chi connectivity index (χ1n) is 7.74. The monoisotopic (exact) mass is 274 g/mol. The van der Waals surface area contributed by atoms with Gasteiger partial charge in [0.2, 0.25) is 5.56 Å². The lowest BCUT2D eigenvalue weighted by molar-refractivity contribution is 0.0698. The topological polar surface area (TPSA) is 53.2 Å². The van der Waals surface area contributed by atoms with Gasteiger partial charge in [0, 0.05) is 30.4 Å². The summed E-state index contributed by atoms with van der Waals surface area (Å²) in [5.41, 5.74) is 0.320. The molecular formula is C16H22N2O2. The van der Waals surface area contributed by atoms with Crippen LogP contribution in [-0.4, -0.2) is 28.4 Å². The van der Waals surface area contributed by atoms with Gasteiger partial charge in [0.05, 0.1) is 0 Å². The maximum atomic E-state index is 12.6. The summed E-state index contributed by atoms with van der Waals surface area (Å²) in [6.45, 7) is 0.871. The van der Waals surface area contributed by atoms with Crippen LogP contribution in [0.25, 0.3) is 0 Å². The molecule has 1 amide bonds. The first kappa shape index (κ1) is 13.4. The minimum absolute atomic E-state index is 0.0316. The minimum Gasteiger partial charge on any atom is -0.335 e. The lowest BCUT2D eigenvalue weighted by atomic mass is 9.89. The van der Waals surface area contributed by atoms with Crippen molar-refractivity contribution in [2.75, 3.05) is 6.54 Å². The summed E-state index contributed by atoms with van der Waals surface area (Å²) in [5.74, 6) is 0.680. The second-order valence-electron chi connectivity index (χ2n) is 6.13. The van der Waals surface area contributed by atoms with Crippen LogP contribution in [-0.2, 0) is 0 Å². The van der Waals surface area contributed by atoms with Crippen molar-refractivity contribution < 1.29 is 4.79 Å². The lowest BCUT2D eigenvalue weighted by Gasteiger charge is -2.30. The van der Waals surface area contributed by atoms with Crippen LogP contribution in [0.5, 0.6) is 0 Å². The van der Waals surface area contributed by atoms with Gasteiger partial charge in [-0.3, -0.25) is 9.59 Å². The third-order valence-corrected chi connectivity index (χ3v) is 4.45. The van der Waals surface area contributed by atoms with Crippen LogP contribution < -0.4 is 5.56 Å². The molecule has 2 aliphatic carbocycles. The summed E-state index contributed by atoms with van der Waals surface area (Å²) >= 11 is 0. The van der Waals surface area contributed by atoms with Crippen molar-refractivity contribution in [1.29, 1.82) is 0 Å². The Labute approximate surface area is 119 Å². The van der Waals surface area contributed by atoms with Gasteiger partial charge in [0.1, 0.15) is 0 Å². The predicted molar refractivity (Wildman–Crippen MR) is 77.7 cm³/mol. The molecule has 0 aromatic carbocycles. The van der Waals surface area contributed by atoms with Crippen molar-refractivity contribution in [3.63, 3.8) is 0 Å². The highest BCUT2D eigenvalue weighted by molar-refractivity contribution is 5.94. The molecule has 1 aromatic heterocycles. The van der Waals surface area contributed by atoms with Crippen molar-refractivity contribution in [3.8, 4) is 0 Å². The van der Waals surface area contributed by atoms with Gasteiger partial charge in [-0.05, 0) is 37.7 Å². The van der Waals surface area contributed by atoms with Gasteiger partial charge < -0.3 is 9.88 Å². The average Bonchev–Trinajstić information content (AvgIpc) is 3.30. The number of nitrogens with zero attached hydrogens (tertiary/aromatic N) is 1. The summed E-state index contributed by atoms with van der Waals surface area (Å²) < 4.78 is 0. The fourth-order valence-electron chi connectivity index (χ4n) is 3.18. The molecule has 108 valence electrons. The van der Waals surface area contributed by atoms with Gasteiger partial charge in [0.25, 0.3) is 5.91 Å². The molecule has 1 aromatic rings. The zero-order valence-corrected chi connectivity index (χ0v) is 11.8. The summed E-state index contributed by atoms with van der Waals surface area (Å²) in [4.78, 5) is 28.6. The molecule has 0 radical (unpaired) electrons. The second kappa shape index (κ2) is 5.81. The molecule has 0 saturated heterocycles. The number of rotatable bonds is 4. The van der Waals surface area contributed by atoms with Crippen LogP contribution in [0, 0.1) is 5.92 Å². The summed E-state index contributed by atoms with van der Waals surface area (Å²) in [5, 5.41) is 0. The Morgan fingerprint density at radius 1 is 1.20 bits per heavy atom. The van der Waals surface area contributed by atoms with Crippen LogP contribution in [0.3, 0.4) is 0 Å². The summed E-state index contributed by atoms with van der Waals surface area (Å²) in [6, 6.07) is 3.53. The number of aromatic amines is 1. The Morgan fingerprint density at radius 2 is 1.95 bits per heavy atom. The highest BCUT2D eigenvalue weighted by Crippen LogP contribution is 2.32. The highest BCUT2D eigenvalue weighted by Gasteiger charge is 2.34. The van der Waals surface area contributed by atoms with Gasteiger partial charge in [-0.15, -0.1) is 0 Å². The van der Waals surface area contributed by atoms with Gasteiger partial charge in [-0.1, -0.05) is 19.3 Å². The van der Waals surface area contributed by atoms with E-state index in [0.29, 0.717) is 17.5 Å². The van der Waals surface area contributed by atoms with Crippen molar-refractivity contribution in [2.45, 2.75) is 51.0 Å². The standard InChI is InChI=1S/C16H22N2O2/c19-15-10-13(8-9-17-15)16(20)18(14-6-7-14)11-12-4-2-1-3-5-12/h8-10,12,14H,1-7,11H2,(H,17,19). The second-order valence-corrected chi connectivity index (χ2v) is 6.13. The van der Waals surface area contributed by atoms with Crippen LogP contribution in [0.15, 0.2) is 23.1 Å². The van der Waals surface area contributed by atoms with Crippen molar-refractivity contribution >= 4 is 5.91 Å². The van der Waals surface area contributed by atoms with E-state index in [1.54, 1.807) is 12.3 Å². The Morgan fingerprint density at radius 3 is 2.60 bits per heavy atom. The maximum Gasteiger partial charge on any atom is 0.254 e. The molecule has 1 N–H and O–H groups in total. The largest absolute Gasteiger partial charge is 0.335 e. The zero-order chi connectivity index (χ0) is 13.9. The maximum absolute atomic E-state index is 12.6. The fraction of sp³-hybridized carbons (Fsp3) is 0.625. The molecule has 0 bridgehead atoms. The van der Waals surface area contributed by atoms with E-state index < -0.39 is 0 Å². The van der Waals surface area contributed by atoms with E-state index >= 15 is 0 Å². The van der Waals surface area contributed by atoms with E-state index in [0.717, 1.165) is 19.4 Å². The SMILES string of the molecule is O=C(c1cc[nH]c(=O)c1)N(CC1CCCCC1)C1CC1. The van der Waals surface area contributed by atoms with E-state index in [9.17, 15) is 9.59 Å². The third-order valence-electron chi connectivity index (χ3n) is 4.45. The van der Waals surface area contributed by atoms with E-state index in [1.807, 2.05) is 4.90 Å². The number of carbonyl (C=O) groups is 1. The molecule has 0 unspecified atom stereocenters. The van der Waals surface area contributed by atoms with Crippen LogP contribution in [0.4, 0.5) is 0 Å². The van der Waals surface area contributed by atoms with E-state index in [4.69, 9.17) is 0 Å². The Hall–Kier alpha value is -1.58. The number of hydrogen-bond acceptors (Lipinski definition) is 2. The minimum atomic E-state index is -0.204. The molecule has 2 fully saturated rings. The first-order chi connectivity index (χ1) is 9.74. The average molecular weight is 274 g/mol. The molecule has 4 nitrogen and oxygen atoms in total. The smallest absolute Gasteiger partial charge is 0.254 e. The molecule has 2 saturated carbocycles. The Bertz CT molecular complexity index is 527. The van der Waals surface area contributed by atoms with Crippen LogP contribution in [0.1, 0.15) is 55.3 Å². The van der Waals surface area contributed by atoms with Gasteiger partial charge in [0.15, 0.2) is 0 Å². The highest BCUT2D eigenvalue weighted by atomic mass is 16.2. The summed E-state index contributed by atoms with van der Waals surface area (Å²) in [7, 11) is 0. The number of pyridine rings is 1. The first-order valence-corrected chi connectivity index (χ1v) is 7.74. The summed E-state index contributed by atoms with van der Waals surface area (Å²) in [6.07, 6.45) is 10.2. The molecule has 3 rings (SSSR count). The number of H-pyrrole nitrogens is 1. The molecule has 20 heavy (non-hydrogen) atoms. The van der Waals surface area contributed by atoms with Crippen molar-refractivity contribution in [1.82, 2.24) is 9.88 Å². The number of carbonyl (C=O) groups excluding carboxylic acids is 1. The number of amides is 1. The fourth-order valence-corrected chi connectivity index (χ4v) is 3.18. The van der Waals surface area contributed by atoms with Crippen LogP contribution in [0.2, 0.25) is 0 Å². The third kappa shape index (κ3) is 3.11. The van der Waals surface area contributed by atoms with Gasteiger partial charge >= 0.3 is 0 Å². The number of nitrogens with one attached hydrogen (secondary N) is 1. The lowest BCUT2D eigenvalue weighted by Crippen LogP contribution is -2.38. The molecule has 0 atom stereocenters. The molecular weight excluding hydrogens is 252 g/mol. The molecule has 2 aliphatic rings. The predicted octanol–water partition coefficient (Wildman–Crippen LogP) is 2.56. The quantitative estimate of drug-likeness (QED) is 0.917. The normalized spacial score (nSPS) is 19.8. The van der Waals surface area contributed by atoms with Gasteiger partial charge in [-0.25, -0.2) is 0 Å². The Balaban J connectivity index is 1.72. The van der Waals surface area contributed by atoms with Crippen LogP contribution >= 0.6 is 0 Å². The van der Waals surface area contributed by atoms with Crippen molar-refractivity contribution in [2.24, 2.45) is 5.92 Å².